The Hall–Kier alpha value is -2.34. The molecule has 0 aliphatic carbocycles. The summed E-state index contributed by atoms with van der Waals surface area (Å²) >= 11 is 3.29. The maximum absolute atomic E-state index is 11.9. The van der Waals surface area contributed by atoms with Gasteiger partial charge in [-0.15, -0.1) is 0 Å². The van der Waals surface area contributed by atoms with Crippen molar-refractivity contribution in [3.63, 3.8) is 0 Å². The van der Waals surface area contributed by atoms with Gasteiger partial charge in [0.15, 0.2) is 0 Å². The Kier molecular flexibility index (Phi) is 6.17. The second-order valence-electron chi connectivity index (χ2n) is 4.83. The molecule has 2 aromatic carbocycles. The van der Waals surface area contributed by atoms with E-state index in [0.29, 0.717) is 16.5 Å². The molecule has 0 atom stereocenters. The van der Waals surface area contributed by atoms with Gasteiger partial charge in [0.2, 0.25) is 5.91 Å². The molecule has 0 spiro atoms. The predicted molar refractivity (Wildman–Crippen MR) is 91.1 cm³/mol. The van der Waals surface area contributed by atoms with Gasteiger partial charge in [-0.25, -0.2) is 0 Å². The Morgan fingerprint density at radius 3 is 2.39 bits per heavy atom. The summed E-state index contributed by atoms with van der Waals surface area (Å²) in [6, 6.07) is 14.5. The van der Waals surface area contributed by atoms with Gasteiger partial charge in [-0.3, -0.25) is 20.4 Å². The minimum absolute atomic E-state index is 0.249. The van der Waals surface area contributed by atoms with Crippen molar-refractivity contribution in [3.05, 3.63) is 64.1 Å². The Morgan fingerprint density at radius 1 is 1.04 bits per heavy atom. The zero-order valence-electron chi connectivity index (χ0n) is 12.6. The molecule has 120 valence electrons. The van der Waals surface area contributed by atoms with E-state index in [2.05, 4.69) is 26.8 Å². The van der Waals surface area contributed by atoms with E-state index in [1.54, 1.807) is 25.3 Å². The number of hydrazine groups is 1. The molecule has 5 nitrogen and oxygen atoms in total. The highest BCUT2D eigenvalue weighted by atomic mass is 79.9. The molecule has 0 aliphatic rings. The van der Waals surface area contributed by atoms with Crippen LogP contribution in [0.3, 0.4) is 0 Å². The van der Waals surface area contributed by atoms with Gasteiger partial charge in [0.05, 0.1) is 12.7 Å². The first-order valence-corrected chi connectivity index (χ1v) is 7.86. The molecule has 0 fully saturated rings. The van der Waals surface area contributed by atoms with E-state index in [-0.39, 0.29) is 18.2 Å². The van der Waals surface area contributed by atoms with E-state index in [9.17, 15) is 9.59 Å². The molecule has 0 aromatic heterocycles. The van der Waals surface area contributed by atoms with Crippen molar-refractivity contribution in [2.45, 2.75) is 12.8 Å². The molecule has 0 unspecified atom stereocenters. The second kappa shape index (κ2) is 8.33. The molecule has 0 heterocycles. The van der Waals surface area contributed by atoms with E-state index in [4.69, 9.17) is 4.74 Å². The number of benzene rings is 2. The van der Waals surface area contributed by atoms with Gasteiger partial charge < -0.3 is 4.74 Å². The zero-order valence-corrected chi connectivity index (χ0v) is 14.2. The van der Waals surface area contributed by atoms with Crippen molar-refractivity contribution < 1.29 is 14.3 Å². The van der Waals surface area contributed by atoms with E-state index >= 15 is 0 Å². The van der Waals surface area contributed by atoms with Crippen LogP contribution in [0.25, 0.3) is 0 Å². The second-order valence-corrected chi connectivity index (χ2v) is 5.68. The number of carbonyl (C=O) groups excluding carboxylic acids is 2. The zero-order chi connectivity index (χ0) is 16.7. The first kappa shape index (κ1) is 17.0. The van der Waals surface area contributed by atoms with Gasteiger partial charge in [-0.2, -0.15) is 0 Å². The number of amides is 2. The minimum atomic E-state index is -0.365. The van der Waals surface area contributed by atoms with Crippen molar-refractivity contribution in [3.8, 4) is 5.75 Å². The van der Waals surface area contributed by atoms with Crippen molar-refractivity contribution in [2.24, 2.45) is 0 Å². The average Bonchev–Trinajstić information content (AvgIpc) is 2.58. The van der Waals surface area contributed by atoms with Gasteiger partial charge in [0.25, 0.3) is 5.91 Å². The molecule has 0 saturated heterocycles. The third-order valence-corrected chi connectivity index (χ3v) is 3.93. The van der Waals surface area contributed by atoms with Crippen LogP contribution in [0, 0.1) is 0 Å². The van der Waals surface area contributed by atoms with E-state index in [0.717, 1.165) is 11.3 Å². The fourth-order valence-corrected chi connectivity index (χ4v) is 2.42. The normalized spacial score (nSPS) is 10.0. The number of methoxy groups -OCH3 is 1. The molecule has 0 aliphatic heterocycles. The number of halogens is 1. The quantitative estimate of drug-likeness (QED) is 0.788. The maximum Gasteiger partial charge on any atom is 0.270 e. The third-order valence-electron chi connectivity index (χ3n) is 3.23. The Morgan fingerprint density at radius 2 is 1.74 bits per heavy atom. The fourth-order valence-electron chi connectivity index (χ4n) is 1.95. The van der Waals surface area contributed by atoms with Crippen molar-refractivity contribution >= 4 is 27.7 Å². The minimum Gasteiger partial charge on any atom is -0.497 e. The molecule has 2 amide bonds. The van der Waals surface area contributed by atoms with Crippen LogP contribution in [-0.4, -0.2) is 18.9 Å². The van der Waals surface area contributed by atoms with Crippen molar-refractivity contribution in [1.82, 2.24) is 10.9 Å². The lowest BCUT2D eigenvalue weighted by atomic mass is 10.1. The van der Waals surface area contributed by atoms with Gasteiger partial charge in [0, 0.05) is 10.9 Å². The van der Waals surface area contributed by atoms with Gasteiger partial charge in [-0.1, -0.05) is 24.3 Å². The van der Waals surface area contributed by atoms with Crippen LogP contribution < -0.4 is 15.6 Å². The monoisotopic (exact) mass is 376 g/mol. The number of rotatable bonds is 5. The Labute approximate surface area is 143 Å². The lowest BCUT2D eigenvalue weighted by Crippen LogP contribution is -2.41. The third kappa shape index (κ3) is 5.10. The van der Waals surface area contributed by atoms with Crippen LogP contribution in [0.2, 0.25) is 0 Å². The van der Waals surface area contributed by atoms with Crippen LogP contribution in [0.15, 0.2) is 53.0 Å². The number of carbonyl (C=O) groups is 2. The molecular weight excluding hydrogens is 360 g/mol. The SMILES string of the molecule is COc1ccc(CCC(=O)NNC(=O)c2ccccc2Br)cc1. The highest BCUT2D eigenvalue weighted by molar-refractivity contribution is 9.10. The first-order chi connectivity index (χ1) is 11.1. The van der Waals surface area contributed by atoms with Gasteiger partial charge in [0.1, 0.15) is 5.75 Å². The average molecular weight is 377 g/mol. The number of aryl methyl sites for hydroxylation is 1. The summed E-state index contributed by atoms with van der Waals surface area (Å²) in [6.45, 7) is 0. The lowest BCUT2D eigenvalue weighted by Gasteiger charge is -2.08. The van der Waals surface area contributed by atoms with Crippen molar-refractivity contribution in [1.29, 1.82) is 0 Å². The number of ether oxygens (including phenoxy) is 1. The van der Waals surface area contributed by atoms with Crippen LogP contribution in [0.5, 0.6) is 5.75 Å². The molecule has 0 bridgehead atoms. The summed E-state index contributed by atoms with van der Waals surface area (Å²) in [4.78, 5) is 23.7. The van der Waals surface area contributed by atoms with E-state index < -0.39 is 0 Å². The number of nitrogens with one attached hydrogen (secondary N) is 2. The maximum atomic E-state index is 11.9. The largest absolute Gasteiger partial charge is 0.497 e. The van der Waals surface area contributed by atoms with Crippen molar-refractivity contribution in [2.75, 3.05) is 7.11 Å². The molecule has 2 N–H and O–H groups in total. The summed E-state index contributed by atoms with van der Waals surface area (Å²) in [5.74, 6) is 0.162. The standard InChI is InChI=1S/C17H17BrN2O3/c1-23-13-9-6-12(7-10-13)8-11-16(21)19-20-17(22)14-4-2-3-5-15(14)18/h2-7,9-10H,8,11H2,1H3,(H,19,21)(H,20,22). The highest BCUT2D eigenvalue weighted by Gasteiger charge is 2.10. The lowest BCUT2D eigenvalue weighted by molar-refractivity contribution is -0.121. The van der Waals surface area contributed by atoms with Gasteiger partial charge in [-0.05, 0) is 52.2 Å². The van der Waals surface area contributed by atoms with Crippen LogP contribution in [0.4, 0.5) is 0 Å². The van der Waals surface area contributed by atoms with Crippen LogP contribution in [-0.2, 0) is 11.2 Å². The summed E-state index contributed by atoms with van der Waals surface area (Å²) < 4.78 is 5.75. The molecule has 2 rings (SSSR count). The van der Waals surface area contributed by atoms with E-state index in [1.165, 1.54) is 0 Å². The summed E-state index contributed by atoms with van der Waals surface area (Å²) in [7, 11) is 1.61. The van der Waals surface area contributed by atoms with E-state index in [1.807, 2.05) is 30.3 Å². The Bertz CT molecular complexity index is 686. The van der Waals surface area contributed by atoms with Crippen LogP contribution in [0.1, 0.15) is 22.3 Å². The number of hydrogen-bond donors (Lipinski definition) is 2. The first-order valence-electron chi connectivity index (χ1n) is 7.07. The topological polar surface area (TPSA) is 67.4 Å². The van der Waals surface area contributed by atoms with Gasteiger partial charge >= 0.3 is 0 Å². The molecule has 2 aromatic rings. The summed E-state index contributed by atoms with van der Waals surface area (Å²) in [6.07, 6.45) is 0.864. The summed E-state index contributed by atoms with van der Waals surface area (Å²) in [5, 5.41) is 0. The molecular formula is C17H17BrN2O3. The summed E-state index contributed by atoms with van der Waals surface area (Å²) in [5.41, 5.74) is 6.31. The number of hydrogen-bond acceptors (Lipinski definition) is 3. The van der Waals surface area contributed by atoms with Crippen LogP contribution >= 0.6 is 15.9 Å². The molecule has 23 heavy (non-hydrogen) atoms. The Balaban J connectivity index is 1.78. The fraction of sp³-hybridized carbons (Fsp3) is 0.176. The smallest absolute Gasteiger partial charge is 0.270 e. The highest BCUT2D eigenvalue weighted by Crippen LogP contribution is 2.15. The molecule has 0 radical (unpaired) electrons. The molecule has 0 saturated carbocycles. The predicted octanol–water partition coefficient (Wildman–Crippen LogP) is 2.85. The molecule has 6 heteroatoms.